The first-order valence-electron chi connectivity index (χ1n) is 11.4. The average Bonchev–Trinajstić information content (AvgIpc) is 3.39. The van der Waals surface area contributed by atoms with E-state index in [1.807, 2.05) is 13.0 Å². The Bertz CT molecular complexity index is 1230. The molecular formula is C25H23F4N3O3. The van der Waals surface area contributed by atoms with E-state index in [1.165, 1.54) is 6.07 Å². The van der Waals surface area contributed by atoms with Crippen molar-refractivity contribution in [2.75, 3.05) is 13.3 Å². The summed E-state index contributed by atoms with van der Waals surface area (Å²) in [4.78, 5) is 23.9. The molecule has 1 saturated carbocycles. The van der Waals surface area contributed by atoms with Crippen LogP contribution in [0.3, 0.4) is 0 Å². The molecule has 1 aliphatic carbocycles. The van der Waals surface area contributed by atoms with Crippen LogP contribution in [0.1, 0.15) is 35.7 Å². The van der Waals surface area contributed by atoms with Crippen molar-refractivity contribution < 1.29 is 31.8 Å². The number of nitrogens with zero attached hydrogens (tertiary/aromatic N) is 3. The number of piperidine rings is 1. The lowest BCUT2D eigenvalue weighted by Crippen LogP contribution is -2.51. The molecule has 3 aromatic rings. The molecule has 2 bridgehead atoms. The van der Waals surface area contributed by atoms with Crippen LogP contribution < -0.4 is 9.47 Å². The molecular weight excluding hydrogens is 466 g/mol. The Kier molecular flexibility index (Phi) is 5.98. The first-order chi connectivity index (χ1) is 16.8. The van der Waals surface area contributed by atoms with Gasteiger partial charge in [0.1, 0.15) is 30.7 Å². The number of aromatic nitrogens is 2. The molecule has 2 fully saturated rings. The second-order valence-electron chi connectivity index (χ2n) is 8.84. The van der Waals surface area contributed by atoms with Crippen LogP contribution in [0.15, 0.2) is 48.8 Å². The number of alkyl halides is 4. The summed E-state index contributed by atoms with van der Waals surface area (Å²) in [7, 11) is 0. The minimum absolute atomic E-state index is 0.0781. The molecule has 1 amide bonds. The predicted molar refractivity (Wildman–Crippen MR) is 119 cm³/mol. The fraction of sp³-hybridized carbons (Fsp3) is 0.400. The Balaban J connectivity index is 1.43. The molecule has 35 heavy (non-hydrogen) atoms. The molecule has 5 rings (SSSR count). The first kappa shape index (κ1) is 23.3. The van der Waals surface area contributed by atoms with Gasteiger partial charge < -0.3 is 14.4 Å². The zero-order chi connectivity index (χ0) is 24.7. The SMILES string of the molecule is CC1C2CC(Oc3ccc(C(F)(F)F)cn3)C(C2)N1C(=O)c1c(OCCF)ccc2cccnc12. The highest BCUT2D eigenvalue weighted by atomic mass is 19.4. The van der Waals surface area contributed by atoms with Crippen LogP contribution >= 0.6 is 0 Å². The fourth-order valence-electron chi connectivity index (χ4n) is 5.20. The van der Waals surface area contributed by atoms with E-state index in [0.29, 0.717) is 18.4 Å². The van der Waals surface area contributed by atoms with E-state index >= 15 is 0 Å². The van der Waals surface area contributed by atoms with Crippen LogP contribution in [0.4, 0.5) is 17.6 Å². The number of amides is 1. The largest absolute Gasteiger partial charge is 0.490 e. The third-order valence-electron chi connectivity index (χ3n) is 6.84. The Hall–Kier alpha value is -3.43. The summed E-state index contributed by atoms with van der Waals surface area (Å²) < 4.78 is 62.9. The molecule has 4 unspecified atom stereocenters. The normalized spacial score (nSPS) is 23.6. The number of fused-ring (bicyclic) bond motifs is 3. The van der Waals surface area contributed by atoms with E-state index in [9.17, 15) is 22.4 Å². The fourth-order valence-corrected chi connectivity index (χ4v) is 5.20. The number of halogens is 4. The summed E-state index contributed by atoms with van der Waals surface area (Å²) in [6, 6.07) is 8.76. The molecule has 0 spiro atoms. The second-order valence-corrected chi connectivity index (χ2v) is 8.84. The summed E-state index contributed by atoms with van der Waals surface area (Å²) in [5, 5.41) is 0.752. The standard InChI is InChI=1S/C25H23F4N3O3/c1-14-16-11-18(20(12-16)35-21-7-5-17(13-31-21)25(27,28)29)32(14)24(33)22-19(34-10-8-26)6-4-15-3-2-9-30-23(15)22/h2-7,9,13-14,16,18,20H,8,10-12H2,1H3. The number of hydrogen-bond acceptors (Lipinski definition) is 5. The maximum atomic E-state index is 13.9. The lowest BCUT2D eigenvalue weighted by molar-refractivity contribution is -0.137. The Morgan fingerprint density at radius 3 is 2.66 bits per heavy atom. The van der Waals surface area contributed by atoms with Gasteiger partial charge in [-0.2, -0.15) is 13.2 Å². The Morgan fingerprint density at radius 1 is 1.14 bits per heavy atom. The molecule has 1 aromatic carbocycles. The molecule has 1 aliphatic heterocycles. The Morgan fingerprint density at radius 2 is 1.97 bits per heavy atom. The highest BCUT2D eigenvalue weighted by molar-refractivity contribution is 6.08. The minimum Gasteiger partial charge on any atom is -0.490 e. The van der Waals surface area contributed by atoms with Gasteiger partial charge in [0.05, 0.1) is 17.1 Å². The van der Waals surface area contributed by atoms with Gasteiger partial charge in [-0.3, -0.25) is 9.78 Å². The summed E-state index contributed by atoms with van der Waals surface area (Å²) in [5.41, 5.74) is -0.124. The molecule has 4 atom stereocenters. The third-order valence-corrected chi connectivity index (χ3v) is 6.84. The molecule has 0 N–H and O–H groups in total. The summed E-state index contributed by atoms with van der Waals surface area (Å²) in [5.74, 6) is 0.212. The van der Waals surface area contributed by atoms with Crippen LogP contribution in [0.25, 0.3) is 10.9 Å². The smallest absolute Gasteiger partial charge is 0.417 e. The monoisotopic (exact) mass is 489 g/mol. The topological polar surface area (TPSA) is 64.5 Å². The lowest BCUT2D eigenvalue weighted by atomic mass is 9.97. The number of carbonyl (C=O) groups is 1. The average molecular weight is 489 g/mol. The summed E-state index contributed by atoms with van der Waals surface area (Å²) in [6.07, 6.45) is -1.20. The van der Waals surface area contributed by atoms with Crippen LogP contribution in [-0.2, 0) is 6.18 Å². The highest BCUT2D eigenvalue weighted by Gasteiger charge is 2.53. The van der Waals surface area contributed by atoms with E-state index in [-0.39, 0.29) is 47.7 Å². The molecule has 3 heterocycles. The van der Waals surface area contributed by atoms with E-state index < -0.39 is 24.5 Å². The number of rotatable bonds is 6. The van der Waals surface area contributed by atoms with Crippen LogP contribution in [0.5, 0.6) is 11.6 Å². The first-order valence-corrected chi connectivity index (χ1v) is 11.4. The minimum atomic E-state index is -4.48. The van der Waals surface area contributed by atoms with Gasteiger partial charge in [-0.1, -0.05) is 6.07 Å². The van der Waals surface area contributed by atoms with Gasteiger partial charge in [-0.25, -0.2) is 9.37 Å². The number of pyridine rings is 2. The predicted octanol–water partition coefficient (Wildman–Crippen LogP) is 5.07. The molecule has 2 aromatic heterocycles. The van der Waals surface area contributed by atoms with Gasteiger partial charge in [0.15, 0.2) is 0 Å². The van der Waals surface area contributed by atoms with Gasteiger partial charge >= 0.3 is 6.18 Å². The zero-order valence-corrected chi connectivity index (χ0v) is 18.8. The Labute approximate surface area is 198 Å². The summed E-state index contributed by atoms with van der Waals surface area (Å²) >= 11 is 0. The van der Waals surface area contributed by atoms with E-state index in [1.54, 1.807) is 29.3 Å². The molecule has 0 radical (unpaired) electrons. The van der Waals surface area contributed by atoms with Crippen molar-refractivity contribution in [2.24, 2.45) is 5.92 Å². The molecule has 6 nitrogen and oxygen atoms in total. The number of hydrogen-bond donors (Lipinski definition) is 0. The van der Waals surface area contributed by atoms with E-state index in [4.69, 9.17) is 9.47 Å². The third kappa shape index (κ3) is 4.26. The number of ether oxygens (including phenoxy) is 2. The number of likely N-dealkylation sites (tertiary alicyclic amines) is 1. The summed E-state index contributed by atoms with van der Waals surface area (Å²) in [6.45, 7) is 1.08. The second kappa shape index (κ2) is 8.98. The van der Waals surface area contributed by atoms with Crippen molar-refractivity contribution in [1.29, 1.82) is 0 Å². The zero-order valence-electron chi connectivity index (χ0n) is 18.8. The van der Waals surface area contributed by atoms with E-state index in [0.717, 1.165) is 17.6 Å². The quantitative estimate of drug-likeness (QED) is 0.453. The molecule has 1 saturated heterocycles. The maximum Gasteiger partial charge on any atom is 0.417 e. The highest BCUT2D eigenvalue weighted by Crippen LogP contribution is 2.45. The van der Waals surface area contributed by atoms with E-state index in [2.05, 4.69) is 9.97 Å². The molecule has 10 heteroatoms. The maximum absolute atomic E-state index is 13.9. The van der Waals surface area contributed by atoms with Crippen LogP contribution in [0, 0.1) is 5.92 Å². The van der Waals surface area contributed by atoms with Gasteiger partial charge in [0.25, 0.3) is 5.91 Å². The number of carbonyl (C=O) groups excluding carboxylic acids is 1. The van der Waals surface area contributed by atoms with Gasteiger partial charge in [0, 0.05) is 29.9 Å². The van der Waals surface area contributed by atoms with Crippen LogP contribution in [0.2, 0.25) is 0 Å². The van der Waals surface area contributed by atoms with Gasteiger partial charge in [-0.15, -0.1) is 0 Å². The molecule has 2 aliphatic rings. The van der Waals surface area contributed by atoms with Crippen molar-refractivity contribution in [1.82, 2.24) is 14.9 Å². The van der Waals surface area contributed by atoms with Crippen molar-refractivity contribution in [3.05, 3.63) is 59.9 Å². The van der Waals surface area contributed by atoms with Crippen molar-refractivity contribution in [2.45, 2.75) is 44.1 Å². The van der Waals surface area contributed by atoms with Crippen LogP contribution in [-0.4, -0.2) is 52.2 Å². The van der Waals surface area contributed by atoms with Crippen molar-refractivity contribution in [3.8, 4) is 11.6 Å². The number of benzene rings is 1. The van der Waals surface area contributed by atoms with Gasteiger partial charge in [-0.05, 0) is 49.9 Å². The van der Waals surface area contributed by atoms with Crippen molar-refractivity contribution in [3.63, 3.8) is 0 Å². The molecule has 184 valence electrons. The lowest BCUT2D eigenvalue weighted by Gasteiger charge is -2.38. The van der Waals surface area contributed by atoms with Crippen molar-refractivity contribution >= 4 is 16.8 Å². The van der Waals surface area contributed by atoms with Gasteiger partial charge in [0.2, 0.25) is 5.88 Å².